The summed E-state index contributed by atoms with van der Waals surface area (Å²) in [6.45, 7) is 2.13. The molecule has 15 heavy (non-hydrogen) atoms. The molecule has 0 fully saturated rings. The van der Waals surface area contributed by atoms with E-state index in [2.05, 4.69) is 6.92 Å². The van der Waals surface area contributed by atoms with Crippen molar-refractivity contribution in [1.29, 1.82) is 0 Å². The third-order valence-corrected chi connectivity index (χ3v) is 2.83. The maximum Gasteiger partial charge on any atom is 0.159 e. The molecule has 0 amide bonds. The molecule has 2 heteroatoms. The summed E-state index contributed by atoms with van der Waals surface area (Å²) in [5.74, 6) is -1.48. The van der Waals surface area contributed by atoms with E-state index >= 15 is 0 Å². The van der Waals surface area contributed by atoms with Gasteiger partial charge in [0.2, 0.25) is 0 Å². The maximum absolute atomic E-state index is 13.0. The fraction of sp³-hybridized carbons (Fsp3) is 0.385. The highest BCUT2D eigenvalue weighted by Crippen LogP contribution is 2.27. The zero-order valence-electron chi connectivity index (χ0n) is 8.82. The number of fused-ring (bicyclic) bond motifs is 1. The highest BCUT2D eigenvalue weighted by Gasteiger charge is 2.13. The molecular weight excluding hydrogens is 194 g/mol. The summed E-state index contributed by atoms with van der Waals surface area (Å²) in [4.78, 5) is 0. The fourth-order valence-electron chi connectivity index (χ4n) is 2.06. The van der Waals surface area contributed by atoms with Gasteiger partial charge in [-0.1, -0.05) is 25.0 Å². The van der Waals surface area contributed by atoms with Gasteiger partial charge in [0, 0.05) is 0 Å². The first kappa shape index (κ1) is 10.3. The lowest BCUT2D eigenvalue weighted by Gasteiger charge is -2.16. The predicted octanol–water partition coefficient (Wildman–Crippen LogP) is 4.09. The zero-order valence-corrected chi connectivity index (χ0v) is 8.82. The monoisotopic (exact) mass is 208 g/mol. The van der Waals surface area contributed by atoms with Crippen LogP contribution in [0.1, 0.15) is 37.3 Å². The van der Waals surface area contributed by atoms with Gasteiger partial charge in [-0.15, -0.1) is 0 Å². The lowest BCUT2D eigenvalue weighted by molar-refractivity contribution is 0.506. The van der Waals surface area contributed by atoms with E-state index in [-0.39, 0.29) is 0 Å². The molecule has 1 aromatic rings. The average Bonchev–Trinajstić information content (AvgIpc) is 2.21. The van der Waals surface area contributed by atoms with Crippen molar-refractivity contribution in [3.63, 3.8) is 0 Å². The van der Waals surface area contributed by atoms with Crippen LogP contribution in [0.5, 0.6) is 0 Å². The topological polar surface area (TPSA) is 0 Å². The maximum atomic E-state index is 13.0. The summed E-state index contributed by atoms with van der Waals surface area (Å²) in [5, 5.41) is 0. The Kier molecular flexibility index (Phi) is 2.85. The minimum absolute atomic E-state index is 0.735. The Morgan fingerprint density at radius 1 is 1.13 bits per heavy atom. The van der Waals surface area contributed by atoms with E-state index in [0.717, 1.165) is 36.8 Å². The average molecular weight is 208 g/mol. The van der Waals surface area contributed by atoms with Crippen LogP contribution < -0.4 is 0 Å². The van der Waals surface area contributed by atoms with E-state index in [0.29, 0.717) is 0 Å². The van der Waals surface area contributed by atoms with E-state index in [4.69, 9.17) is 0 Å². The van der Waals surface area contributed by atoms with Crippen LogP contribution in [0.25, 0.3) is 6.08 Å². The van der Waals surface area contributed by atoms with E-state index in [1.807, 2.05) is 6.08 Å². The van der Waals surface area contributed by atoms with Crippen LogP contribution in [0.15, 0.2) is 17.7 Å². The molecule has 0 saturated heterocycles. The Morgan fingerprint density at radius 3 is 2.60 bits per heavy atom. The molecule has 1 aliphatic rings. The van der Waals surface area contributed by atoms with Crippen molar-refractivity contribution in [3.05, 3.63) is 40.5 Å². The number of rotatable bonds is 2. The van der Waals surface area contributed by atoms with Gasteiger partial charge >= 0.3 is 0 Å². The van der Waals surface area contributed by atoms with Crippen molar-refractivity contribution in [2.45, 2.75) is 32.6 Å². The molecule has 0 unspecified atom stereocenters. The van der Waals surface area contributed by atoms with E-state index < -0.39 is 11.6 Å². The first-order chi connectivity index (χ1) is 7.20. The summed E-state index contributed by atoms with van der Waals surface area (Å²) in [5.41, 5.74) is 3.12. The molecule has 0 radical (unpaired) electrons. The summed E-state index contributed by atoms with van der Waals surface area (Å²) < 4.78 is 26.0. The molecule has 2 rings (SSSR count). The number of aryl methyl sites for hydroxylation is 1. The van der Waals surface area contributed by atoms with Crippen molar-refractivity contribution in [2.75, 3.05) is 0 Å². The molecule has 0 aliphatic heterocycles. The van der Waals surface area contributed by atoms with Crippen LogP contribution in [0.4, 0.5) is 8.78 Å². The van der Waals surface area contributed by atoms with Gasteiger partial charge in [-0.25, -0.2) is 8.78 Å². The molecule has 1 aliphatic carbocycles. The van der Waals surface area contributed by atoms with Crippen LogP contribution in [0.2, 0.25) is 0 Å². The number of halogens is 2. The second-order valence-corrected chi connectivity index (χ2v) is 4.02. The molecule has 0 heterocycles. The van der Waals surface area contributed by atoms with Crippen LogP contribution in [-0.2, 0) is 6.42 Å². The Labute approximate surface area is 88.6 Å². The fourth-order valence-corrected chi connectivity index (χ4v) is 2.06. The molecule has 80 valence electrons. The van der Waals surface area contributed by atoms with E-state index in [1.165, 1.54) is 17.7 Å². The third-order valence-electron chi connectivity index (χ3n) is 2.83. The molecule has 0 nitrogen and oxygen atoms in total. The molecule has 0 N–H and O–H groups in total. The van der Waals surface area contributed by atoms with Gasteiger partial charge in [-0.2, -0.15) is 0 Å². The highest BCUT2D eigenvalue weighted by molar-refractivity contribution is 5.59. The Hall–Kier alpha value is -1.18. The highest BCUT2D eigenvalue weighted by atomic mass is 19.2. The molecule has 0 bridgehead atoms. The van der Waals surface area contributed by atoms with Crippen LogP contribution in [0, 0.1) is 11.6 Å². The van der Waals surface area contributed by atoms with Crippen molar-refractivity contribution in [2.24, 2.45) is 0 Å². The van der Waals surface area contributed by atoms with E-state index in [9.17, 15) is 8.78 Å². The van der Waals surface area contributed by atoms with Crippen molar-refractivity contribution in [1.82, 2.24) is 0 Å². The zero-order chi connectivity index (χ0) is 10.8. The van der Waals surface area contributed by atoms with Gasteiger partial charge in [0.1, 0.15) is 0 Å². The second kappa shape index (κ2) is 4.13. The molecule has 0 atom stereocenters. The summed E-state index contributed by atoms with van der Waals surface area (Å²) in [7, 11) is 0. The third kappa shape index (κ3) is 2.09. The minimum atomic E-state index is -0.747. The second-order valence-electron chi connectivity index (χ2n) is 4.02. The van der Waals surface area contributed by atoms with Crippen molar-refractivity contribution < 1.29 is 8.78 Å². The first-order valence-electron chi connectivity index (χ1n) is 5.38. The van der Waals surface area contributed by atoms with Crippen molar-refractivity contribution >= 4 is 6.08 Å². The largest absolute Gasteiger partial charge is 0.204 e. The predicted molar refractivity (Wildman–Crippen MR) is 57.6 cm³/mol. The Balaban J connectivity index is 2.37. The lowest BCUT2D eigenvalue weighted by atomic mass is 9.90. The van der Waals surface area contributed by atoms with E-state index in [1.54, 1.807) is 0 Å². The quantitative estimate of drug-likeness (QED) is 0.686. The first-order valence-corrected chi connectivity index (χ1v) is 5.38. The van der Waals surface area contributed by atoms with Gasteiger partial charge in [0.15, 0.2) is 11.6 Å². The number of benzene rings is 1. The number of hydrogen-bond donors (Lipinski definition) is 0. The van der Waals surface area contributed by atoms with Crippen LogP contribution in [-0.4, -0.2) is 0 Å². The minimum Gasteiger partial charge on any atom is -0.204 e. The number of hydrogen-bond acceptors (Lipinski definition) is 0. The van der Waals surface area contributed by atoms with Crippen LogP contribution >= 0.6 is 0 Å². The van der Waals surface area contributed by atoms with Gasteiger partial charge in [-0.05, 0) is 42.5 Å². The van der Waals surface area contributed by atoms with Gasteiger partial charge in [0.05, 0.1) is 0 Å². The van der Waals surface area contributed by atoms with Gasteiger partial charge in [0.25, 0.3) is 0 Å². The normalized spacial score (nSPS) is 14.7. The van der Waals surface area contributed by atoms with Crippen LogP contribution in [0.3, 0.4) is 0 Å². The summed E-state index contributed by atoms with van der Waals surface area (Å²) in [6, 6.07) is 2.63. The Morgan fingerprint density at radius 2 is 1.87 bits per heavy atom. The Bertz CT molecular complexity index is 405. The molecule has 0 spiro atoms. The molecular formula is C13H14F2. The summed E-state index contributed by atoms with van der Waals surface area (Å²) in [6.07, 6.45) is 5.97. The molecule has 1 aromatic carbocycles. The lowest BCUT2D eigenvalue weighted by Crippen LogP contribution is -2.01. The van der Waals surface area contributed by atoms with Gasteiger partial charge in [-0.3, -0.25) is 0 Å². The molecule has 0 saturated carbocycles. The molecule has 0 aromatic heterocycles. The standard InChI is InChI=1S/C13H14F2/c1-2-3-9-4-5-10-7-12(14)13(15)8-11(10)6-9/h6-8H,2-5H2,1H3. The van der Waals surface area contributed by atoms with Crippen molar-refractivity contribution in [3.8, 4) is 0 Å². The van der Waals surface area contributed by atoms with Gasteiger partial charge < -0.3 is 0 Å². The SMILES string of the molecule is CCCC1=Cc2cc(F)c(F)cc2CC1. The number of allylic oxidation sites excluding steroid dienone is 1. The smallest absolute Gasteiger partial charge is 0.159 e. The summed E-state index contributed by atoms with van der Waals surface area (Å²) >= 11 is 0.